The molecule has 0 fully saturated rings. The van der Waals surface area contributed by atoms with Gasteiger partial charge in [0.05, 0.1) is 28.4 Å². The fourth-order valence-corrected chi connectivity index (χ4v) is 12.9. The van der Waals surface area contributed by atoms with Gasteiger partial charge in [0, 0.05) is 22.7 Å². The SMILES string of the molecule is Cc1cc2c(cc1N1c3cc(C(C)(C)C)ccc3C3c4cc5c(cc4N(c4ccc(C(C)(C)C)cc4-c4ccccc4)c4cc(C(C)(C)C)cc1c43)C(C)(C)CC5(C)C)C(C)(C)CCC2(C)C. The van der Waals surface area contributed by atoms with Gasteiger partial charge in [0.1, 0.15) is 0 Å². The molecule has 2 aliphatic heterocycles. The van der Waals surface area contributed by atoms with Gasteiger partial charge < -0.3 is 9.80 Å². The second-order valence-electron chi connectivity index (χ2n) is 27.0. The smallest absolute Gasteiger partial charge is 0.0540 e. The molecule has 6 aromatic carbocycles. The number of anilines is 6. The molecule has 2 aliphatic carbocycles. The molecule has 0 amide bonds. The largest absolute Gasteiger partial charge is 0.310 e. The second-order valence-corrected chi connectivity index (χ2v) is 27.0. The molecule has 2 nitrogen and oxygen atoms in total. The first-order valence-electron chi connectivity index (χ1n) is 25.5. The van der Waals surface area contributed by atoms with Crippen molar-refractivity contribution in [2.45, 2.75) is 188 Å². The zero-order valence-corrected chi connectivity index (χ0v) is 44.4. The van der Waals surface area contributed by atoms with E-state index in [2.05, 4.69) is 238 Å². The number of rotatable bonds is 3. The van der Waals surface area contributed by atoms with Gasteiger partial charge in [0.25, 0.3) is 0 Å². The van der Waals surface area contributed by atoms with Crippen molar-refractivity contribution in [3.05, 3.63) is 164 Å². The van der Waals surface area contributed by atoms with E-state index in [9.17, 15) is 0 Å². The highest BCUT2D eigenvalue weighted by atomic mass is 15.2. The molecule has 1 atom stereocenters. The normalized spacial score (nSPS) is 19.6. The minimum absolute atomic E-state index is 0.0126. The summed E-state index contributed by atoms with van der Waals surface area (Å²) in [6, 6.07) is 41.8. The number of fused-ring (bicyclic) bond motifs is 6. The third-order valence-electron chi connectivity index (χ3n) is 16.9. The Hall–Kier alpha value is -5.08. The standard InChI is InChI=1S/C65H78N2/c1-39-30-47-49(63(13,14)29-28-62(47,11)12)36-52(39)67-53-32-42(60(5,6)7)24-26-44(53)57-46-35-48-50(65(17,18)38-64(48,15)16)37-54(46)66(55-33-43(61(8,9)10)34-56(67)58(55)57)51-27-25-41(59(2,3)4)31-45(51)40-22-20-19-21-23-40/h19-27,30-37,57H,28-29,38H2,1-18H3. The lowest BCUT2D eigenvalue weighted by Gasteiger charge is -2.48. The van der Waals surface area contributed by atoms with E-state index >= 15 is 0 Å². The summed E-state index contributed by atoms with van der Waals surface area (Å²) in [4.78, 5) is 5.45. The van der Waals surface area contributed by atoms with Crippen LogP contribution in [0.4, 0.5) is 34.1 Å². The Morgan fingerprint density at radius 1 is 0.418 bits per heavy atom. The van der Waals surface area contributed by atoms with Crippen LogP contribution in [0, 0.1) is 6.92 Å². The Kier molecular flexibility index (Phi) is 9.87. The summed E-state index contributed by atoms with van der Waals surface area (Å²) < 4.78 is 0. The van der Waals surface area contributed by atoms with Gasteiger partial charge in [0.2, 0.25) is 0 Å². The average Bonchev–Trinajstić information content (AvgIpc) is 3.42. The van der Waals surface area contributed by atoms with Crippen LogP contribution in [0.2, 0.25) is 0 Å². The minimum Gasteiger partial charge on any atom is -0.310 e. The van der Waals surface area contributed by atoms with Crippen molar-refractivity contribution < 1.29 is 0 Å². The van der Waals surface area contributed by atoms with Gasteiger partial charge in [0.15, 0.2) is 0 Å². The van der Waals surface area contributed by atoms with E-state index in [-0.39, 0.29) is 43.8 Å². The fraction of sp³-hybridized carbons (Fsp3) is 0.446. The van der Waals surface area contributed by atoms with E-state index in [4.69, 9.17) is 0 Å². The van der Waals surface area contributed by atoms with Crippen molar-refractivity contribution in [1.82, 2.24) is 0 Å². The van der Waals surface area contributed by atoms with Crippen molar-refractivity contribution in [3.63, 3.8) is 0 Å². The van der Waals surface area contributed by atoms with E-state index in [1.807, 2.05) is 0 Å². The molecule has 6 aromatic rings. The summed E-state index contributed by atoms with van der Waals surface area (Å²) >= 11 is 0. The monoisotopic (exact) mass is 887 g/mol. The van der Waals surface area contributed by atoms with E-state index in [1.54, 1.807) is 0 Å². The van der Waals surface area contributed by atoms with Gasteiger partial charge >= 0.3 is 0 Å². The van der Waals surface area contributed by atoms with Gasteiger partial charge in [-0.25, -0.2) is 0 Å². The number of aryl methyl sites for hydroxylation is 1. The lowest BCUT2D eigenvalue weighted by molar-refractivity contribution is 0.332. The summed E-state index contributed by atoms with van der Waals surface area (Å²) in [6.07, 6.45) is 3.50. The molecule has 0 bridgehead atoms. The van der Waals surface area contributed by atoms with Gasteiger partial charge in [-0.05, 0) is 168 Å². The van der Waals surface area contributed by atoms with Crippen molar-refractivity contribution in [1.29, 1.82) is 0 Å². The van der Waals surface area contributed by atoms with Crippen LogP contribution in [0.3, 0.4) is 0 Å². The maximum atomic E-state index is 2.73. The number of hydrogen-bond acceptors (Lipinski definition) is 2. The Labute approximate surface area is 405 Å². The summed E-state index contributed by atoms with van der Waals surface area (Å²) in [6.45, 7) is 43.5. The van der Waals surface area contributed by atoms with E-state index in [1.165, 1.54) is 119 Å². The van der Waals surface area contributed by atoms with Crippen molar-refractivity contribution in [2.24, 2.45) is 0 Å². The Morgan fingerprint density at radius 2 is 0.881 bits per heavy atom. The zero-order chi connectivity index (χ0) is 48.3. The summed E-state index contributed by atoms with van der Waals surface area (Å²) in [7, 11) is 0. The maximum absolute atomic E-state index is 2.73. The van der Waals surface area contributed by atoms with Crippen LogP contribution in [-0.2, 0) is 37.9 Å². The Balaban J connectivity index is 1.38. The quantitative estimate of drug-likeness (QED) is 0.174. The fourth-order valence-electron chi connectivity index (χ4n) is 12.9. The van der Waals surface area contributed by atoms with Crippen LogP contribution in [0.5, 0.6) is 0 Å². The summed E-state index contributed by atoms with van der Waals surface area (Å²) in [5, 5.41) is 0. The van der Waals surface area contributed by atoms with E-state index < -0.39 is 0 Å². The molecule has 348 valence electrons. The molecule has 0 saturated heterocycles. The first-order chi connectivity index (χ1) is 31.0. The van der Waals surface area contributed by atoms with Crippen LogP contribution >= 0.6 is 0 Å². The molecule has 0 aromatic heterocycles. The third-order valence-corrected chi connectivity index (χ3v) is 16.9. The molecular formula is C65H78N2. The van der Waals surface area contributed by atoms with Crippen LogP contribution in [-0.4, -0.2) is 0 Å². The Morgan fingerprint density at radius 3 is 1.46 bits per heavy atom. The molecular weight excluding hydrogens is 809 g/mol. The van der Waals surface area contributed by atoms with E-state index in [0.29, 0.717) is 0 Å². The molecule has 2 heterocycles. The first kappa shape index (κ1) is 45.7. The van der Waals surface area contributed by atoms with E-state index in [0.717, 1.165) is 6.42 Å². The highest BCUT2D eigenvalue weighted by molar-refractivity contribution is 6.00. The highest BCUT2D eigenvalue weighted by Crippen LogP contribution is 2.65. The van der Waals surface area contributed by atoms with Gasteiger partial charge in [-0.3, -0.25) is 0 Å². The molecule has 10 rings (SSSR count). The molecule has 0 spiro atoms. The maximum Gasteiger partial charge on any atom is 0.0540 e. The van der Waals surface area contributed by atoms with Gasteiger partial charge in [-0.15, -0.1) is 0 Å². The second kappa shape index (κ2) is 14.5. The molecule has 0 N–H and O–H groups in total. The van der Waals surface area contributed by atoms with Gasteiger partial charge in [-0.2, -0.15) is 0 Å². The number of hydrogen-bond donors (Lipinski definition) is 0. The molecule has 2 heteroatoms. The van der Waals surface area contributed by atoms with Crippen LogP contribution in [0.25, 0.3) is 11.1 Å². The van der Waals surface area contributed by atoms with Crippen LogP contribution in [0.15, 0.2) is 103 Å². The Bertz CT molecular complexity index is 3000. The van der Waals surface area contributed by atoms with Crippen molar-refractivity contribution >= 4 is 34.1 Å². The predicted octanol–water partition coefficient (Wildman–Crippen LogP) is 18.6. The molecule has 0 saturated carbocycles. The minimum atomic E-state index is -0.120. The van der Waals surface area contributed by atoms with Crippen LogP contribution in [0.1, 0.15) is 204 Å². The number of nitrogens with zero attached hydrogens (tertiary/aromatic N) is 2. The number of benzene rings is 6. The topological polar surface area (TPSA) is 6.48 Å². The lowest BCUT2D eigenvalue weighted by Crippen LogP contribution is -2.35. The molecule has 1 unspecified atom stereocenters. The molecule has 4 aliphatic rings. The predicted molar refractivity (Wildman–Crippen MR) is 289 cm³/mol. The third kappa shape index (κ3) is 7.16. The van der Waals surface area contributed by atoms with Gasteiger partial charge in [-0.1, -0.05) is 178 Å². The highest BCUT2D eigenvalue weighted by Gasteiger charge is 2.48. The molecule has 0 radical (unpaired) electrons. The zero-order valence-electron chi connectivity index (χ0n) is 44.4. The average molecular weight is 887 g/mol. The summed E-state index contributed by atoms with van der Waals surface area (Å²) in [5.74, 6) is 0.0395. The lowest BCUT2D eigenvalue weighted by atomic mass is 9.62. The van der Waals surface area contributed by atoms with Crippen molar-refractivity contribution in [2.75, 3.05) is 9.80 Å². The van der Waals surface area contributed by atoms with Crippen LogP contribution < -0.4 is 9.80 Å². The first-order valence-corrected chi connectivity index (χ1v) is 25.5. The van der Waals surface area contributed by atoms with Crippen molar-refractivity contribution in [3.8, 4) is 11.1 Å². The molecule has 67 heavy (non-hydrogen) atoms. The summed E-state index contributed by atoms with van der Waals surface area (Å²) in [5.41, 5.74) is 26.0.